The van der Waals surface area contributed by atoms with Gasteiger partial charge in [-0.15, -0.1) is 0 Å². The van der Waals surface area contributed by atoms with Gasteiger partial charge in [-0.2, -0.15) is 22.0 Å². The number of aromatic nitrogens is 1. The first kappa shape index (κ1) is 17.9. The Kier molecular flexibility index (Phi) is 4.51. The lowest BCUT2D eigenvalue weighted by Gasteiger charge is -2.19. The number of nitrogens with zero attached hydrogens (tertiary/aromatic N) is 1. The predicted molar refractivity (Wildman–Crippen MR) is 61.7 cm³/mol. The summed E-state index contributed by atoms with van der Waals surface area (Å²) in [5.74, 6) is -3.83. The fourth-order valence-electron chi connectivity index (χ4n) is 1.54. The Hall–Kier alpha value is -2.17. The maximum Gasteiger partial charge on any atom is 0.434 e. The number of halogens is 6. The van der Waals surface area contributed by atoms with E-state index in [1.807, 2.05) is 0 Å². The molecule has 0 spiro atoms. The minimum atomic E-state index is -5.42. The fourth-order valence-corrected chi connectivity index (χ4v) is 1.68. The van der Waals surface area contributed by atoms with E-state index in [-0.39, 0.29) is 0 Å². The van der Waals surface area contributed by atoms with Gasteiger partial charge in [0.05, 0.1) is 12.8 Å². The second-order valence-electron chi connectivity index (χ2n) is 3.76. The third kappa shape index (κ3) is 3.18. The number of anilines is 1. The predicted octanol–water partition coefficient (Wildman–Crippen LogP) is 2.46. The van der Waals surface area contributed by atoms with Crippen LogP contribution in [0.1, 0.15) is 32.1 Å². The molecule has 22 heavy (non-hydrogen) atoms. The highest BCUT2D eigenvalue weighted by Gasteiger charge is 2.45. The van der Waals surface area contributed by atoms with Crippen molar-refractivity contribution in [2.75, 3.05) is 12.8 Å². The summed E-state index contributed by atoms with van der Waals surface area (Å²) in [6, 6.07) is 0. The Balaban J connectivity index is 3.98. The van der Waals surface area contributed by atoms with E-state index in [2.05, 4.69) is 21.3 Å². The van der Waals surface area contributed by atoms with E-state index < -0.39 is 51.7 Å². The summed E-state index contributed by atoms with van der Waals surface area (Å²) in [5, 5.41) is 4.27. The molecule has 122 valence electrons. The highest BCUT2D eigenvalue weighted by molar-refractivity contribution is 6.22. The van der Waals surface area contributed by atoms with Crippen LogP contribution in [0.2, 0.25) is 0 Å². The van der Waals surface area contributed by atoms with Crippen molar-refractivity contribution < 1.29 is 41.4 Å². The van der Waals surface area contributed by atoms with Crippen LogP contribution in [-0.2, 0) is 16.3 Å². The maximum absolute atomic E-state index is 13.2. The van der Waals surface area contributed by atoms with Gasteiger partial charge < -0.3 is 15.6 Å². The molecule has 1 aromatic rings. The highest BCUT2D eigenvalue weighted by atomic mass is 35.5. The third-order valence-electron chi connectivity index (χ3n) is 2.38. The Morgan fingerprint density at radius 2 is 1.68 bits per heavy atom. The van der Waals surface area contributed by atoms with E-state index >= 15 is 0 Å². The van der Waals surface area contributed by atoms with Gasteiger partial charge >= 0.3 is 23.5 Å². The topological polar surface area (TPSA) is 103 Å². The number of aromatic carboxylic acids is 1. The number of hydrogen-bond acceptors (Lipinski definition) is 5. The van der Waals surface area contributed by atoms with Gasteiger partial charge in [0.1, 0.15) is 16.8 Å². The molecular formula is C10H6ClF5N2O4. The van der Waals surface area contributed by atoms with Crippen LogP contribution in [-0.4, -0.2) is 29.1 Å². The lowest BCUT2D eigenvalue weighted by molar-refractivity contribution is -0.142. The number of carboxylic acids is 1. The highest BCUT2D eigenvalue weighted by Crippen LogP contribution is 2.41. The molecular weight excluding hydrogens is 343 g/mol. The van der Waals surface area contributed by atoms with Gasteiger partial charge in [0.15, 0.2) is 5.69 Å². The summed E-state index contributed by atoms with van der Waals surface area (Å²) >= 11 is 4.62. The Labute approximate surface area is 123 Å². The molecule has 0 aliphatic carbocycles. The SMILES string of the molecule is COC(=O)c1c(C(F)(F)Cl)nc(C(F)(F)F)c(C(=O)O)c1N. The number of hydrogen-bond donors (Lipinski definition) is 2. The minimum absolute atomic E-state index is 0.718. The van der Waals surface area contributed by atoms with E-state index in [0.29, 0.717) is 0 Å². The minimum Gasteiger partial charge on any atom is -0.478 e. The molecule has 0 saturated heterocycles. The zero-order chi connectivity index (χ0) is 17.5. The second kappa shape index (κ2) is 5.55. The number of carbonyl (C=O) groups is 2. The zero-order valence-corrected chi connectivity index (χ0v) is 11.2. The smallest absolute Gasteiger partial charge is 0.434 e. The average molecular weight is 349 g/mol. The number of nitrogens with two attached hydrogens (primary N) is 1. The molecule has 0 aliphatic rings. The van der Waals surface area contributed by atoms with Gasteiger partial charge in [0.2, 0.25) is 0 Å². The molecule has 0 saturated carbocycles. The van der Waals surface area contributed by atoms with Crippen LogP contribution in [0, 0.1) is 0 Å². The molecule has 0 aromatic carbocycles. The molecule has 1 aromatic heterocycles. The summed E-state index contributed by atoms with van der Waals surface area (Å²) in [4.78, 5) is 24.8. The summed E-state index contributed by atoms with van der Waals surface area (Å²) in [6.07, 6.45) is -5.42. The number of carboxylic acid groups (broad SMARTS) is 1. The molecule has 0 atom stereocenters. The van der Waals surface area contributed by atoms with Crippen molar-refractivity contribution in [1.82, 2.24) is 4.98 Å². The van der Waals surface area contributed by atoms with E-state index in [9.17, 15) is 31.5 Å². The van der Waals surface area contributed by atoms with Gasteiger partial charge in [0.25, 0.3) is 0 Å². The summed E-state index contributed by atoms with van der Waals surface area (Å²) < 4.78 is 68.9. The molecule has 0 radical (unpaired) electrons. The van der Waals surface area contributed by atoms with Crippen LogP contribution in [0.4, 0.5) is 27.6 Å². The first-order valence-electron chi connectivity index (χ1n) is 5.11. The van der Waals surface area contributed by atoms with E-state index in [1.165, 1.54) is 0 Å². The zero-order valence-electron chi connectivity index (χ0n) is 10.5. The van der Waals surface area contributed by atoms with Crippen molar-refractivity contribution in [3.05, 3.63) is 22.5 Å². The lowest BCUT2D eigenvalue weighted by atomic mass is 10.0. The van der Waals surface area contributed by atoms with Gasteiger partial charge in [-0.1, -0.05) is 0 Å². The van der Waals surface area contributed by atoms with E-state index in [4.69, 9.17) is 10.8 Å². The Morgan fingerprint density at radius 1 is 1.18 bits per heavy atom. The van der Waals surface area contributed by atoms with Crippen LogP contribution in [0.15, 0.2) is 0 Å². The van der Waals surface area contributed by atoms with E-state index in [0.717, 1.165) is 7.11 Å². The number of ether oxygens (including phenoxy) is 1. The van der Waals surface area contributed by atoms with Gasteiger partial charge in [-0.05, 0) is 11.6 Å². The van der Waals surface area contributed by atoms with E-state index in [1.54, 1.807) is 0 Å². The number of nitrogen functional groups attached to an aromatic ring is 1. The van der Waals surface area contributed by atoms with Crippen molar-refractivity contribution in [2.24, 2.45) is 0 Å². The summed E-state index contributed by atoms with van der Waals surface area (Å²) in [7, 11) is 0.718. The van der Waals surface area contributed by atoms with Crippen molar-refractivity contribution in [3.63, 3.8) is 0 Å². The molecule has 3 N–H and O–H groups in total. The second-order valence-corrected chi connectivity index (χ2v) is 4.24. The van der Waals surface area contributed by atoms with Gasteiger partial charge in [-0.3, -0.25) is 0 Å². The normalized spacial score (nSPS) is 12.1. The van der Waals surface area contributed by atoms with Crippen LogP contribution < -0.4 is 5.73 Å². The Morgan fingerprint density at radius 3 is 2.00 bits per heavy atom. The molecule has 0 fully saturated rings. The van der Waals surface area contributed by atoms with Crippen LogP contribution in [0.3, 0.4) is 0 Å². The number of methoxy groups -OCH3 is 1. The average Bonchev–Trinajstić information content (AvgIpc) is 2.33. The number of rotatable bonds is 3. The molecule has 0 unspecified atom stereocenters. The molecule has 1 rings (SSSR count). The Bertz CT molecular complexity index is 642. The quantitative estimate of drug-likeness (QED) is 0.494. The maximum atomic E-state index is 13.2. The third-order valence-corrected chi connectivity index (χ3v) is 2.56. The fraction of sp³-hybridized carbons (Fsp3) is 0.300. The number of esters is 1. The van der Waals surface area contributed by atoms with Crippen molar-refractivity contribution in [3.8, 4) is 0 Å². The molecule has 0 bridgehead atoms. The number of carbonyl (C=O) groups excluding carboxylic acids is 1. The van der Waals surface area contributed by atoms with Gasteiger partial charge in [0, 0.05) is 0 Å². The van der Waals surface area contributed by atoms with Crippen LogP contribution in [0.25, 0.3) is 0 Å². The standard InChI is InChI=1S/C10H6ClF5N2O4/c1-22-8(21)3-4(17)2(7(19)20)6(10(14,15)16)18-5(3)9(11,12)13/h1H3,(H2,17,18)(H,19,20). The van der Waals surface area contributed by atoms with Crippen molar-refractivity contribution in [2.45, 2.75) is 11.6 Å². The summed E-state index contributed by atoms with van der Waals surface area (Å²) in [5.41, 5.74) is -3.30. The monoisotopic (exact) mass is 348 g/mol. The largest absolute Gasteiger partial charge is 0.478 e. The molecule has 6 nitrogen and oxygen atoms in total. The first-order chi connectivity index (χ1) is 9.82. The molecule has 1 heterocycles. The van der Waals surface area contributed by atoms with Crippen molar-refractivity contribution >= 4 is 29.2 Å². The van der Waals surface area contributed by atoms with Crippen molar-refractivity contribution in [1.29, 1.82) is 0 Å². The molecule has 0 aliphatic heterocycles. The molecule has 0 amide bonds. The number of alkyl halides is 6. The van der Waals surface area contributed by atoms with Gasteiger partial charge in [-0.25, -0.2) is 14.6 Å². The number of pyridine rings is 1. The lowest BCUT2D eigenvalue weighted by Crippen LogP contribution is -2.26. The first-order valence-corrected chi connectivity index (χ1v) is 5.49. The van der Waals surface area contributed by atoms with Crippen LogP contribution in [0.5, 0.6) is 0 Å². The van der Waals surface area contributed by atoms with Crippen LogP contribution >= 0.6 is 11.6 Å². The molecule has 12 heteroatoms. The summed E-state index contributed by atoms with van der Waals surface area (Å²) in [6.45, 7) is 0.